The second-order valence-corrected chi connectivity index (χ2v) is 9.13. The summed E-state index contributed by atoms with van der Waals surface area (Å²) in [6.07, 6.45) is 8.56. The van der Waals surface area contributed by atoms with Crippen LogP contribution in [-0.4, -0.2) is 34.5 Å². The van der Waals surface area contributed by atoms with Crippen molar-refractivity contribution < 1.29 is 14.7 Å². The third-order valence-corrected chi connectivity index (χ3v) is 5.92. The number of anilines is 1. The van der Waals surface area contributed by atoms with Crippen LogP contribution < -0.4 is 22.1 Å². The second-order valence-electron chi connectivity index (χ2n) is 8.07. The van der Waals surface area contributed by atoms with E-state index in [4.69, 9.17) is 11.5 Å². The molecule has 10 heteroatoms. The van der Waals surface area contributed by atoms with E-state index in [1.165, 1.54) is 11.3 Å². The van der Waals surface area contributed by atoms with Crippen LogP contribution in [0.3, 0.4) is 0 Å². The van der Waals surface area contributed by atoms with Gasteiger partial charge in [-0.2, -0.15) is 0 Å². The molecule has 0 unspecified atom stereocenters. The molecule has 0 bridgehead atoms. The van der Waals surface area contributed by atoms with Gasteiger partial charge >= 0.3 is 0 Å². The van der Waals surface area contributed by atoms with Gasteiger partial charge in [-0.05, 0) is 54.7 Å². The molecule has 2 aromatic carbocycles. The number of aromatic nitrogens is 2. The number of allylic oxidation sites excluding steroid dienone is 3. The highest BCUT2D eigenvalue weighted by Gasteiger charge is 2.09. The molecule has 0 saturated heterocycles. The molecule has 0 spiro atoms. The number of aryl methyl sites for hydroxylation is 1. The Morgan fingerprint density at radius 2 is 1.78 bits per heavy atom. The van der Waals surface area contributed by atoms with Crippen LogP contribution in [0.25, 0.3) is 0 Å². The lowest BCUT2D eigenvalue weighted by Gasteiger charge is -2.02. The lowest BCUT2D eigenvalue weighted by Crippen LogP contribution is -2.14. The Labute approximate surface area is 221 Å². The predicted octanol–water partition coefficient (Wildman–Crippen LogP) is 3.43. The van der Waals surface area contributed by atoms with E-state index in [-0.39, 0.29) is 18.1 Å². The van der Waals surface area contributed by atoms with Crippen molar-refractivity contribution in [3.8, 4) is 5.75 Å². The first-order valence-electron chi connectivity index (χ1n) is 11.9. The van der Waals surface area contributed by atoms with Gasteiger partial charge in [0.25, 0.3) is 0 Å². The number of benzene rings is 2. The highest BCUT2D eigenvalue weighted by molar-refractivity contribution is 7.15. The highest BCUT2D eigenvalue weighted by atomic mass is 32.1. The predicted molar refractivity (Wildman–Crippen MR) is 148 cm³/mol. The van der Waals surface area contributed by atoms with Gasteiger partial charge in [0.2, 0.25) is 11.0 Å². The molecule has 0 aliphatic heterocycles. The highest BCUT2D eigenvalue weighted by Crippen LogP contribution is 2.19. The van der Waals surface area contributed by atoms with Crippen LogP contribution in [-0.2, 0) is 28.9 Å². The number of unbranched alkanes of at least 4 members (excludes halogenated alkanes) is 1. The second kappa shape index (κ2) is 16.5. The zero-order chi connectivity index (χ0) is 26.9. The number of phenols is 1. The van der Waals surface area contributed by atoms with Gasteiger partial charge < -0.3 is 32.0 Å². The van der Waals surface area contributed by atoms with Crippen LogP contribution in [0.5, 0.6) is 5.75 Å². The van der Waals surface area contributed by atoms with E-state index in [1.807, 2.05) is 30.3 Å². The van der Waals surface area contributed by atoms with Crippen molar-refractivity contribution in [3.63, 3.8) is 0 Å². The van der Waals surface area contributed by atoms with Gasteiger partial charge in [-0.25, -0.2) is 0 Å². The number of aromatic hydroxyl groups is 1. The Bertz CT molecular complexity index is 1180. The zero-order valence-corrected chi connectivity index (χ0v) is 21.7. The molecule has 0 aliphatic rings. The van der Waals surface area contributed by atoms with E-state index in [1.54, 1.807) is 43.5 Å². The van der Waals surface area contributed by atoms with Crippen molar-refractivity contribution in [1.82, 2.24) is 15.5 Å². The summed E-state index contributed by atoms with van der Waals surface area (Å²) in [5.41, 5.74) is 14.2. The Morgan fingerprint density at radius 1 is 1.03 bits per heavy atom. The minimum absolute atomic E-state index is 0.139. The Hall–Kier alpha value is -4.18. The molecule has 1 amide bonds. The molecule has 0 atom stereocenters. The maximum Gasteiger partial charge on any atom is 0.230 e. The van der Waals surface area contributed by atoms with Gasteiger partial charge in [-0.15, -0.1) is 10.2 Å². The van der Waals surface area contributed by atoms with Gasteiger partial charge in [0, 0.05) is 25.6 Å². The normalized spacial score (nSPS) is 11.3. The van der Waals surface area contributed by atoms with Gasteiger partial charge in [0.1, 0.15) is 17.0 Å². The number of nitrogens with two attached hydrogens (primary N) is 2. The van der Waals surface area contributed by atoms with E-state index >= 15 is 0 Å². The fraction of sp³-hybridized carbons (Fsp3) is 0.259. The number of nitrogens with one attached hydrogen (secondary N) is 2. The minimum atomic E-state index is -0.194. The largest absolute Gasteiger partial charge is 0.508 e. The number of amides is 1. The van der Waals surface area contributed by atoms with Crippen LogP contribution in [0.4, 0.5) is 5.13 Å². The Morgan fingerprint density at radius 3 is 2.49 bits per heavy atom. The third kappa shape index (κ3) is 12.4. The quantitative estimate of drug-likeness (QED) is 0.138. The van der Waals surface area contributed by atoms with Gasteiger partial charge in [0.15, 0.2) is 0 Å². The molecule has 0 aliphatic carbocycles. The first kappa shape index (κ1) is 29.1. The van der Waals surface area contributed by atoms with Crippen molar-refractivity contribution in [2.45, 2.75) is 38.5 Å². The number of hydrogen-bond acceptors (Lipinski definition) is 9. The summed E-state index contributed by atoms with van der Waals surface area (Å²) in [5.74, 6) is 0.510. The van der Waals surface area contributed by atoms with E-state index in [9.17, 15) is 14.7 Å². The molecule has 0 radical (unpaired) electrons. The molecule has 9 nitrogen and oxygen atoms in total. The molecule has 3 rings (SSSR count). The third-order valence-electron chi connectivity index (χ3n) is 5.02. The van der Waals surface area contributed by atoms with Crippen LogP contribution >= 0.6 is 11.3 Å². The number of carbonyl (C=O) groups is 2. The molecule has 37 heavy (non-hydrogen) atoms. The molecule has 0 fully saturated rings. The standard InChI is InChI=1S/C19H26N6O2S.C8H8O/c1-22-16(21)10-9-14(20)6-2-3-8-18-24-25-19(28-18)23-17(27)12-13-5-4-7-15(26)11-13;9-7-6-8-4-2-1-3-5-8/h4-5,7,9-11,22,26H,2-3,6,8,12,20-21H2,1H3,(H,23,25,27);1-5,7H,6H2/b14-9-,16-10+;. The van der Waals surface area contributed by atoms with Gasteiger partial charge in [-0.1, -0.05) is 53.8 Å². The van der Waals surface area contributed by atoms with Crippen molar-refractivity contribution in [2.75, 3.05) is 12.4 Å². The van der Waals surface area contributed by atoms with Crippen molar-refractivity contribution in [2.24, 2.45) is 11.5 Å². The van der Waals surface area contributed by atoms with Crippen molar-refractivity contribution in [1.29, 1.82) is 0 Å². The topological polar surface area (TPSA) is 156 Å². The van der Waals surface area contributed by atoms with E-state index in [0.717, 1.165) is 53.8 Å². The van der Waals surface area contributed by atoms with Crippen molar-refractivity contribution in [3.05, 3.63) is 94.4 Å². The van der Waals surface area contributed by atoms with Gasteiger partial charge in [-0.3, -0.25) is 4.79 Å². The lowest BCUT2D eigenvalue weighted by molar-refractivity contribution is -0.115. The summed E-state index contributed by atoms with van der Waals surface area (Å²) in [6.45, 7) is 0. The summed E-state index contributed by atoms with van der Waals surface area (Å²) in [4.78, 5) is 22.1. The molecule has 0 saturated carbocycles. The fourth-order valence-electron chi connectivity index (χ4n) is 3.10. The molecule has 7 N–H and O–H groups in total. The number of carbonyl (C=O) groups excluding carboxylic acids is 2. The molecule has 196 valence electrons. The van der Waals surface area contributed by atoms with Crippen LogP contribution in [0, 0.1) is 0 Å². The zero-order valence-electron chi connectivity index (χ0n) is 20.9. The van der Waals surface area contributed by atoms with E-state index < -0.39 is 0 Å². The number of hydrogen-bond donors (Lipinski definition) is 5. The summed E-state index contributed by atoms with van der Waals surface area (Å²) >= 11 is 1.37. The summed E-state index contributed by atoms with van der Waals surface area (Å²) in [7, 11) is 1.75. The number of aldehydes is 1. The van der Waals surface area contributed by atoms with E-state index in [2.05, 4.69) is 20.8 Å². The maximum absolute atomic E-state index is 12.1. The van der Waals surface area contributed by atoms with Crippen LogP contribution in [0.1, 0.15) is 35.4 Å². The Kier molecular flexibility index (Phi) is 12.9. The summed E-state index contributed by atoms with van der Waals surface area (Å²) in [5, 5.41) is 24.5. The number of nitrogens with zero attached hydrogens (tertiary/aromatic N) is 2. The molecular formula is C27H34N6O3S. The smallest absolute Gasteiger partial charge is 0.230 e. The molecule has 1 aromatic heterocycles. The average Bonchev–Trinajstić information content (AvgIpc) is 3.33. The minimum Gasteiger partial charge on any atom is -0.508 e. The van der Waals surface area contributed by atoms with E-state index in [0.29, 0.717) is 17.4 Å². The maximum atomic E-state index is 12.1. The molecule has 1 heterocycles. The first-order chi connectivity index (χ1) is 17.9. The summed E-state index contributed by atoms with van der Waals surface area (Å²) in [6, 6.07) is 16.3. The van der Waals surface area contributed by atoms with Gasteiger partial charge in [0.05, 0.1) is 12.2 Å². The van der Waals surface area contributed by atoms with Crippen LogP contribution in [0.15, 0.2) is 78.3 Å². The van der Waals surface area contributed by atoms with Crippen LogP contribution in [0.2, 0.25) is 0 Å². The fourth-order valence-corrected chi connectivity index (χ4v) is 3.90. The first-order valence-corrected chi connectivity index (χ1v) is 12.7. The monoisotopic (exact) mass is 522 g/mol. The molecule has 3 aromatic rings. The summed E-state index contributed by atoms with van der Waals surface area (Å²) < 4.78 is 0. The number of rotatable bonds is 12. The average molecular weight is 523 g/mol. The lowest BCUT2D eigenvalue weighted by atomic mass is 10.1. The molecular weight excluding hydrogens is 488 g/mol. The van der Waals surface area contributed by atoms with Crippen molar-refractivity contribution >= 4 is 28.7 Å². The Balaban J connectivity index is 0.000000449. The number of phenolic OH excluding ortho intramolecular Hbond substituents is 1. The SMILES string of the molecule is CN/C(N)=C/C=C(\N)CCCCc1nnc(NC(=O)Cc2cccc(O)c2)s1.O=CCc1ccccc1.